The Morgan fingerprint density at radius 3 is 2.84 bits per heavy atom. The summed E-state index contributed by atoms with van der Waals surface area (Å²) in [7, 11) is 0. The molecule has 25 heavy (non-hydrogen) atoms. The summed E-state index contributed by atoms with van der Waals surface area (Å²) in [6, 6.07) is 3.78. The van der Waals surface area contributed by atoms with Crippen LogP contribution in [0.25, 0.3) is 0 Å². The van der Waals surface area contributed by atoms with Gasteiger partial charge in [-0.3, -0.25) is 9.78 Å². The zero-order valence-electron chi connectivity index (χ0n) is 15.3. The van der Waals surface area contributed by atoms with Crippen molar-refractivity contribution in [2.75, 3.05) is 6.54 Å². The maximum absolute atomic E-state index is 13.0. The molecule has 2 N–H and O–H groups in total. The Balaban J connectivity index is 1.78. The minimum Gasteiger partial charge on any atom is -0.350 e. The molecule has 1 saturated carbocycles. The van der Waals surface area contributed by atoms with Gasteiger partial charge >= 0.3 is 6.03 Å². The summed E-state index contributed by atoms with van der Waals surface area (Å²) in [5.74, 6) is 0.145. The molecule has 1 saturated heterocycles. The first kappa shape index (κ1) is 17.7. The normalized spacial score (nSPS) is 24.5. The number of amides is 3. The fourth-order valence-corrected chi connectivity index (χ4v) is 3.99. The van der Waals surface area contributed by atoms with Crippen molar-refractivity contribution >= 4 is 11.9 Å². The summed E-state index contributed by atoms with van der Waals surface area (Å²) in [4.78, 5) is 31.3. The number of urea groups is 1. The van der Waals surface area contributed by atoms with E-state index in [2.05, 4.69) is 29.5 Å². The first-order valence-electron chi connectivity index (χ1n) is 9.25. The Labute approximate surface area is 149 Å². The molecule has 1 aliphatic heterocycles. The molecule has 1 aromatic heterocycles. The third-order valence-corrected chi connectivity index (χ3v) is 5.34. The molecular weight excluding hydrogens is 316 g/mol. The van der Waals surface area contributed by atoms with E-state index in [0.717, 1.165) is 36.9 Å². The second-order valence-electron chi connectivity index (χ2n) is 7.53. The maximum atomic E-state index is 13.0. The van der Waals surface area contributed by atoms with Gasteiger partial charge in [0.1, 0.15) is 6.54 Å². The highest BCUT2D eigenvalue weighted by Crippen LogP contribution is 2.27. The summed E-state index contributed by atoms with van der Waals surface area (Å²) in [5, 5.41) is 6.19. The Kier molecular flexibility index (Phi) is 5.25. The number of aryl methyl sites for hydroxylation is 1. The number of piperazine rings is 1. The largest absolute Gasteiger partial charge is 0.350 e. The molecule has 3 atom stereocenters. The van der Waals surface area contributed by atoms with Crippen LogP contribution < -0.4 is 10.6 Å². The van der Waals surface area contributed by atoms with Crippen LogP contribution in [0.15, 0.2) is 18.3 Å². The smallest absolute Gasteiger partial charge is 0.318 e. The third-order valence-electron chi connectivity index (χ3n) is 5.34. The van der Waals surface area contributed by atoms with E-state index in [0.29, 0.717) is 0 Å². The van der Waals surface area contributed by atoms with Crippen molar-refractivity contribution in [3.8, 4) is 0 Å². The minimum atomic E-state index is -0.166. The molecule has 0 spiro atoms. The van der Waals surface area contributed by atoms with Crippen LogP contribution in [-0.2, 0) is 4.79 Å². The Morgan fingerprint density at radius 1 is 1.36 bits per heavy atom. The molecule has 6 heteroatoms. The van der Waals surface area contributed by atoms with Crippen molar-refractivity contribution in [1.82, 2.24) is 20.5 Å². The molecule has 0 bridgehead atoms. The highest BCUT2D eigenvalue weighted by molar-refractivity contribution is 5.86. The van der Waals surface area contributed by atoms with Crippen LogP contribution >= 0.6 is 0 Å². The van der Waals surface area contributed by atoms with E-state index in [4.69, 9.17) is 0 Å². The van der Waals surface area contributed by atoms with E-state index in [9.17, 15) is 9.59 Å². The van der Waals surface area contributed by atoms with Crippen LogP contribution in [0.4, 0.5) is 4.79 Å². The van der Waals surface area contributed by atoms with Crippen LogP contribution in [-0.4, -0.2) is 40.5 Å². The fraction of sp³-hybridized carbons (Fsp3) is 0.632. The number of nitrogens with one attached hydrogen (secondary N) is 2. The average molecular weight is 344 g/mol. The standard InChI is InChI=1S/C19H28N4O2/c1-12(2)17(18-13(3)7-6-10-20-18)22-19(25)23-11-16(24)21-14-8-4-5-9-15(14)23/h6-7,10,12,14-15,17H,4-5,8-9,11H2,1-3H3,(H,21,24)(H,22,25)/t14-,15+,17+/m0/s1. The molecule has 0 unspecified atom stereocenters. The number of rotatable bonds is 3. The van der Waals surface area contributed by atoms with Gasteiger partial charge in [0.2, 0.25) is 5.91 Å². The van der Waals surface area contributed by atoms with Crippen molar-refractivity contribution < 1.29 is 9.59 Å². The van der Waals surface area contributed by atoms with Gasteiger partial charge in [-0.2, -0.15) is 0 Å². The highest BCUT2D eigenvalue weighted by atomic mass is 16.2. The Hall–Kier alpha value is -2.11. The number of pyridine rings is 1. The van der Waals surface area contributed by atoms with Gasteiger partial charge in [-0.25, -0.2) is 4.79 Å². The number of carbonyl (C=O) groups is 2. The summed E-state index contributed by atoms with van der Waals surface area (Å²) >= 11 is 0. The number of hydrogen-bond donors (Lipinski definition) is 2. The van der Waals surface area contributed by atoms with Crippen molar-refractivity contribution in [3.63, 3.8) is 0 Å². The lowest BCUT2D eigenvalue weighted by Gasteiger charge is -2.44. The Bertz CT molecular complexity index is 646. The number of aromatic nitrogens is 1. The fourth-order valence-electron chi connectivity index (χ4n) is 3.99. The van der Waals surface area contributed by atoms with Gasteiger partial charge in [0.15, 0.2) is 0 Å². The number of fused-ring (bicyclic) bond motifs is 1. The summed E-state index contributed by atoms with van der Waals surface area (Å²) in [6.07, 6.45) is 5.88. The molecule has 1 aliphatic carbocycles. The van der Waals surface area contributed by atoms with Crippen molar-refractivity contribution in [1.29, 1.82) is 0 Å². The van der Waals surface area contributed by atoms with Crippen molar-refractivity contribution in [3.05, 3.63) is 29.6 Å². The number of hydrogen-bond acceptors (Lipinski definition) is 3. The zero-order valence-corrected chi connectivity index (χ0v) is 15.3. The Morgan fingerprint density at radius 2 is 2.12 bits per heavy atom. The van der Waals surface area contributed by atoms with Gasteiger partial charge in [-0.05, 0) is 37.3 Å². The van der Waals surface area contributed by atoms with Crippen molar-refractivity contribution in [2.45, 2.75) is 64.6 Å². The van der Waals surface area contributed by atoms with Crippen LogP contribution in [0.1, 0.15) is 56.8 Å². The SMILES string of the molecule is Cc1cccnc1[C@H](NC(=O)N1CC(=O)N[C@H]2CCCC[C@H]21)C(C)C. The second-order valence-corrected chi connectivity index (χ2v) is 7.53. The van der Waals surface area contributed by atoms with Gasteiger partial charge in [-0.1, -0.05) is 32.8 Å². The summed E-state index contributed by atoms with van der Waals surface area (Å²) < 4.78 is 0. The summed E-state index contributed by atoms with van der Waals surface area (Å²) in [5.41, 5.74) is 1.96. The molecule has 0 radical (unpaired) electrons. The predicted octanol–water partition coefficient (Wildman–Crippen LogP) is 2.54. The maximum Gasteiger partial charge on any atom is 0.318 e. The van der Waals surface area contributed by atoms with Gasteiger partial charge in [-0.15, -0.1) is 0 Å². The monoisotopic (exact) mass is 344 g/mol. The molecule has 2 fully saturated rings. The van der Waals surface area contributed by atoms with E-state index in [1.54, 1.807) is 11.1 Å². The highest BCUT2D eigenvalue weighted by Gasteiger charge is 2.39. The second kappa shape index (κ2) is 7.42. The van der Waals surface area contributed by atoms with Crippen LogP contribution in [0, 0.1) is 12.8 Å². The molecule has 2 heterocycles. The van der Waals surface area contributed by atoms with Gasteiger partial charge in [0.25, 0.3) is 0 Å². The van der Waals surface area contributed by atoms with E-state index >= 15 is 0 Å². The van der Waals surface area contributed by atoms with Crippen molar-refractivity contribution in [2.24, 2.45) is 5.92 Å². The predicted molar refractivity (Wildman–Crippen MR) is 96.0 cm³/mol. The van der Waals surface area contributed by atoms with Crippen LogP contribution in [0.3, 0.4) is 0 Å². The lowest BCUT2D eigenvalue weighted by atomic mass is 9.87. The molecular formula is C19H28N4O2. The van der Waals surface area contributed by atoms with Gasteiger partial charge in [0, 0.05) is 12.2 Å². The zero-order chi connectivity index (χ0) is 18.0. The molecule has 3 amide bonds. The van der Waals surface area contributed by atoms with Crippen LogP contribution in [0.5, 0.6) is 0 Å². The van der Waals surface area contributed by atoms with Crippen LogP contribution in [0.2, 0.25) is 0 Å². The molecule has 136 valence electrons. The molecule has 1 aromatic rings. The quantitative estimate of drug-likeness (QED) is 0.885. The summed E-state index contributed by atoms with van der Waals surface area (Å²) in [6.45, 7) is 6.30. The topological polar surface area (TPSA) is 74.3 Å². The lowest BCUT2D eigenvalue weighted by molar-refractivity contribution is -0.126. The third kappa shape index (κ3) is 3.78. The molecule has 3 rings (SSSR count). The van der Waals surface area contributed by atoms with E-state index < -0.39 is 0 Å². The number of nitrogens with zero attached hydrogens (tertiary/aromatic N) is 2. The molecule has 6 nitrogen and oxygen atoms in total. The lowest BCUT2D eigenvalue weighted by Crippen LogP contribution is -2.64. The molecule has 2 aliphatic rings. The number of carbonyl (C=O) groups excluding carboxylic acids is 2. The van der Waals surface area contributed by atoms with Gasteiger partial charge < -0.3 is 15.5 Å². The minimum absolute atomic E-state index is 0.0617. The van der Waals surface area contributed by atoms with E-state index in [1.165, 1.54) is 0 Å². The van der Waals surface area contributed by atoms with E-state index in [-0.39, 0.29) is 42.5 Å². The molecule has 0 aromatic carbocycles. The first-order valence-corrected chi connectivity index (χ1v) is 9.25. The average Bonchev–Trinajstić information content (AvgIpc) is 2.59. The van der Waals surface area contributed by atoms with Gasteiger partial charge in [0.05, 0.1) is 17.8 Å². The first-order chi connectivity index (χ1) is 12.0. The van der Waals surface area contributed by atoms with E-state index in [1.807, 2.05) is 19.1 Å².